The van der Waals surface area contributed by atoms with Gasteiger partial charge >= 0.3 is 6.09 Å². The normalized spacial score (nSPS) is 10.2. The van der Waals surface area contributed by atoms with Crippen LogP contribution in [0.5, 0.6) is 11.6 Å². The first-order chi connectivity index (χ1) is 11.5. The summed E-state index contributed by atoms with van der Waals surface area (Å²) < 4.78 is 14.7. The molecule has 7 heteroatoms. The van der Waals surface area contributed by atoms with Gasteiger partial charge in [0, 0.05) is 31.8 Å². The van der Waals surface area contributed by atoms with Gasteiger partial charge in [-0.2, -0.15) is 4.40 Å². The molecule has 0 saturated heterocycles. The molecule has 0 aliphatic heterocycles. The predicted molar refractivity (Wildman–Crippen MR) is 90.3 cm³/mol. The molecule has 6 nitrogen and oxygen atoms in total. The quantitative estimate of drug-likeness (QED) is 0.591. The Bertz CT molecular complexity index is 888. The lowest BCUT2D eigenvalue weighted by Gasteiger charge is -2.10. The maximum Gasteiger partial charge on any atom is 0.414 e. The minimum absolute atomic E-state index is 0. The number of imidazole rings is 1. The summed E-state index contributed by atoms with van der Waals surface area (Å²) in [5.74, 6) is 1.28. The monoisotopic (exact) mass is 361 g/mol. The molecule has 0 aliphatic rings. The minimum atomic E-state index is -0.396. The van der Waals surface area contributed by atoms with Crippen molar-refractivity contribution in [2.45, 2.75) is 0 Å². The number of amides is 1. The molecule has 0 saturated carbocycles. The fourth-order valence-electron chi connectivity index (χ4n) is 2.55. The van der Waals surface area contributed by atoms with Crippen LogP contribution in [0.25, 0.3) is 16.9 Å². The summed E-state index contributed by atoms with van der Waals surface area (Å²) in [7, 11) is 6.96. The number of benzene rings is 1. The molecule has 2 aromatic heterocycles. The van der Waals surface area contributed by atoms with Gasteiger partial charge in [0.1, 0.15) is 11.9 Å². The Hall–Kier alpha value is -2.73. The van der Waals surface area contributed by atoms with Gasteiger partial charge in [-0.05, 0) is 30.3 Å². The van der Waals surface area contributed by atoms with Gasteiger partial charge in [-0.1, -0.05) is 0 Å². The molecule has 132 valence electrons. The molecule has 0 spiro atoms. The van der Waals surface area contributed by atoms with Crippen LogP contribution in [-0.4, -0.2) is 36.8 Å². The summed E-state index contributed by atoms with van der Waals surface area (Å²) in [4.78, 5) is 13.0. The molecule has 0 N–H and O–H groups in total. The van der Waals surface area contributed by atoms with Gasteiger partial charge in [-0.3, -0.25) is 0 Å². The Morgan fingerprint density at radius 3 is 2.40 bits per heavy atom. The van der Waals surface area contributed by atoms with Crippen molar-refractivity contribution >= 4 is 11.7 Å². The van der Waals surface area contributed by atoms with Crippen molar-refractivity contribution in [3.63, 3.8) is 0 Å². The number of halogens is 1. The Balaban J connectivity index is 0.00000225. The van der Waals surface area contributed by atoms with Gasteiger partial charge in [0.25, 0.3) is 11.5 Å². The third kappa shape index (κ3) is 3.53. The number of carbonyl (C=O) groups excluding carboxylic acids is 1. The van der Waals surface area contributed by atoms with Crippen molar-refractivity contribution in [2.24, 2.45) is 7.05 Å². The largest absolute Gasteiger partial charge is 1.00 e. The van der Waals surface area contributed by atoms with Gasteiger partial charge in [0.2, 0.25) is 0 Å². The highest BCUT2D eigenvalue weighted by atomic mass is 35.5. The van der Waals surface area contributed by atoms with Crippen LogP contribution in [0.1, 0.15) is 0 Å². The lowest BCUT2D eigenvalue weighted by atomic mass is 10.1. The van der Waals surface area contributed by atoms with Crippen LogP contribution in [0.3, 0.4) is 0 Å². The third-order valence-electron chi connectivity index (χ3n) is 3.85. The Morgan fingerprint density at radius 2 is 1.80 bits per heavy atom. The highest BCUT2D eigenvalue weighted by Crippen LogP contribution is 2.24. The molecule has 3 aromatic rings. The summed E-state index contributed by atoms with van der Waals surface area (Å²) in [6, 6.07) is 13.3. The zero-order valence-corrected chi connectivity index (χ0v) is 15.3. The fraction of sp³-hybridized carbons (Fsp3) is 0.222. The van der Waals surface area contributed by atoms with Crippen LogP contribution in [0.4, 0.5) is 4.79 Å². The first-order valence-electron chi connectivity index (χ1n) is 7.55. The number of aryl methyl sites for hydroxylation is 1. The number of fused-ring (bicyclic) bond motifs is 1. The number of aromatic nitrogens is 2. The number of hydrogen-bond donors (Lipinski definition) is 0. The minimum Gasteiger partial charge on any atom is -1.00 e. The van der Waals surface area contributed by atoms with Crippen LogP contribution in [-0.2, 0) is 7.05 Å². The van der Waals surface area contributed by atoms with E-state index in [4.69, 9.17) is 9.47 Å². The highest BCUT2D eigenvalue weighted by Gasteiger charge is 2.19. The van der Waals surface area contributed by atoms with E-state index in [1.165, 1.54) is 4.90 Å². The predicted octanol–water partition coefficient (Wildman–Crippen LogP) is -0.496. The maximum absolute atomic E-state index is 11.6. The molecule has 1 amide bonds. The Labute approximate surface area is 152 Å². The second kappa shape index (κ2) is 7.44. The number of nitrogens with zero attached hydrogens (tertiary/aromatic N) is 3. The van der Waals surface area contributed by atoms with Gasteiger partial charge in [0.05, 0.1) is 14.2 Å². The standard InChI is InChI=1S/C18H20N3O3.ClH/c1-19(2)18(22)24-14-10-8-13(9-11-14)15-12-21-16(20(15)3)6-5-7-17(21)23-4;/h5-12H,1-4H3;1H/q+1;/p-1. The van der Waals surface area contributed by atoms with Crippen LogP contribution >= 0.6 is 0 Å². The van der Waals surface area contributed by atoms with E-state index in [9.17, 15) is 4.79 Å². The zero-order chi connectivity index (χ0) is 17.3. The van der Waals surface area contributed by atoms with E-state index in [0.717, 1.165) is 22.8 Å². The van der Waals surface area contributed by atoms with Gasteiger partial charge < -0.3 is 26.8 Å². The van der Waals surface area contributed by atoms with E-state index in [-0.39, 0.29) is 12.4 Å². The number of ether oxygens (including phenoxy) is 2. The topological polar surface area (TPSA) is 47.8 Å². The average molecular weight is 362 g/mol. The molecule has 0 bridgehead atoms. The summed E-state index contributed by atoms with van der Waals surface area (Å²) in [5, 5.41) is 0. The molecule has 3 rings (SSSR count). The van der Waals surface area contributed by atoms with Crippen molar-refractivity contribution < 1.29 is 31.1 Å². The van der Waals surface area contributed by atoms with Gasteiger partial charge in [-0.25, -0.2) is 9.36 Å². The third-order valence-corrected chi connectivity index (χ3v) is 3.85. The van der Waals surface area contributed by atoms with Gasteiger partial charge in [-0.15, -0.1) is 0 Å². The molecule has 2 heterocycles. The van der Waals surface area contributed by atoms with E-state index in [1.54, 1.807) is 33.3 Å². The summed E-state index contributed by atoms with van der Waals surface area (Å²) >= 11 is 0. The van der Waals surface area contributed by atoms with Gasteiger partial charge in [0.15, 0.2) is 5.69 Å². The van der Waals surface area contributed by atoms with Crippen molar-refractivity contribution in [1.82, 2.24) is 9.47 Å². The SMILES string of the molecule is COc1cccc2n(C)c(-c3ccc(OC(=O)N(C)C)cc3)c[n+]12.[Cl-]. The Kier molecular flexibility index (Phi) is 5.54. The molecule has 0 fully saturated rings. The lowest BCUT2D eigenvalue weighted by molar-refractivity contribution is -0.519. The molecule has 25 heavy (non-hydrogen) atoms. The van der Waals surface area contributed by atoms with Crippen LogP contribution in [0.15, 0.2) is 48.7 Å². The summed E-state index contributed by atoms with van der Waals surface area (Å²) in [6.07, 6.45) is 1.63. The molecular formula is C18H20ClN3O3. The second-order valence-electron chi connectivity index (χ2n) is 5.66. The maximum atomic E-state index is 11.6. The molecule has 0 atom stereocenters. The summed E-state index contributed by atoms with van der Waals surface area (Å²) in [5.41, 5.74) is 3.07. The highest BCUT2D eigenvalue weighted by molar-refractivity contribution is 5.70. The van der Waals surface area contributed by atoms with E-state index >= 15 is 0 Å². The first kappa shape index (κ1) is 18.6. The van der Waals surface area contributed by atoms with Crippen LogP contribution < -0.4 is 26.3 Å². The van der Waals surface area contributed by atoms with E-state index in [0.29, 0.717) is 5.75 Å². The first-order valence-corrected chi connectivity index (χ1v) is 7.55. The fourth-order valence-corrected chi connectivity index (χ4v) is 2.55. The van der Waals surface area contributed by atoms with E-state index in [1.807, 2.05) is 48.0 Å². The molecule has 0 radical (unpaired) electrons. The van der Waals surface area contributed by atoms with Crippen molar-refractivity contribution in [3.8, 4) is 22.9 Å². The van der Waals surface area contributed by atoms with Crippen molar-refractivity contribution in [1.29, 1.82) is 0 Å². The van der Waals surface area contributed by atoms with E-state index in [2.05, 4.69) is 4.57 Å². The number of rotatable bonds is 3. The van der Waals surface area contributed by atoms with Crippen LogP contribution in [0.2, 0.25) is 0 Å². The average Bonchev–Trinajstić information content (AvgIpc) is 2.92. The van der Waals surface area contributed by atoms with Crippen LogP contribution in [0, 0.1) is 0 Å². The smallest absolute Gasteiger partial charge is 0.414 e. The zero-order valence-electron chi connectivity index (χ0n) is 14.6. The van der Waals surface area contributed by atoms with Crippen molar-refractivity contribution in [3.05, 3.63) is 48.7 Å². The Morgan fingerprint density at radius 1 is 1.12 bits per heavy atom. The number of pyridine rings is 1. The van der Waals surface area contributed by atoms with E-state index < -0.39 is 6.09 Å². The summed E-state index contributed by atoms with van der Waals surface area (Å²) in [6.45, 7) is 0. The number of hydrogen-bond acceptors (Lipinski definition) is 3. The molecule has 0 unspecified atom stereocenters. The number of carbonyl (C=O) groups is 1. The second-order valence-corrected chi connectivity index (χ2v) is 5.66. The van der Waals surface area contributed by atoms with Crippen molar-refractivity contribution in [2.75, 3.05) is 21.2 Å². The number of methoxy groups -OCH3 is 1. The molecule has 1 aromatic carbocycles. The lowest BCUT2D eigenvalue weighted by Crippen LogP contribution is -3.00. The molecular weight excluding hydrogens is 342 g/mol. The molecule has 0 aliphatic carbocycles.